The molecule has 208 valence electrons. The first-order valence-corrected chi connectivity index (χ1v) is 13.0. The molecule has 3 N–H and O–H groups in total. The number of rotatable bonds is 9. The smallest absolute Gasteiger partial charge is 0.408 e. The van der Waals surface area contributed by atoms with Crippen LogP contribution in [0.25, 0.3) is 0 Å². The highest BCUT2D eigenvalue weighted by molar-refractivity contribution is 6.00. The van der Waals surface area contributed by atoms with E-state index in [0.29, 0.717) is 11.3 Å². The molecule has 2 unspecified atom stereocenters. The average molecular weight is 526 g/mol. The van der Waals surface area contributed by atoms with Crippen molar-refractivity contribution in [1.29, 1.82) is 0 Å². The number of benzene rings is 2. The maximum atomic E-state index is 14.0. The van der Waals surface area contributed by atoms with Gasteiger partial charge in [0.05, 0.1) is 6.61 Å². The summed E-state index contributed by atoms with van der Waals surface area (Å²) >= 11 is 0. The maximum Gasteiger partial charge on any atom is 0.408 e. The zero-order chi connectivity index (χ0) is 28.8. The Balaban J connectivity index is 2.57. The van der Waals surface area contributed by atoms with E-state index >= 15 is 0 Å². The Morgan fingerprint density at radius 1 is 0.947 bits per heavy atom. The van der Waals surface area contributed by atoms with Crippen molar-refractivity contribution in [1.82, 2.24) is 10.2 Å². The van der Waals surface area contributed by atoms with E-state index in [-0.39, 0.29) is 19.1 Å². The number of aliphatic hydroxyl groups is 1. The minimum Gasteiger partial charge on any atom is -0.444 e. The molecule has 0 aromatic heterocycles. The minimum atomic E-state index is -1.05. The minimum absolute atomic E-state index is 0.101. The Labute approximate surface area is 226 Å². The van der Waals surface area contributed by atoms with Gasteiger partial charge in [-0.05, 0) is 82.2 Å². The molecule has 8 nitrogen and oxygen atoms in total. The summed E-state index contributed by atoms with van der Waals surface area (Å²) < 4.78 is 5.39. The largest absolute Gasteiger partial charge is 0.444 e. The van der Waals surface area contributed by atoms with Gasteiger partial charge in [0.1, 0.15) is 17.7 Å². The lowest BCUT2D eigenvalue weighted by Crippen LogP contribution is -2.55. The molecular weight excluding hydrogens is 482 g/mol. The lowest BCUT2D eigenvalue weighted by molar-refractivity contribution is -0.142. The topological polar surface area (TPSA) is 108 Å². The number of amides is 3. The molecule has 0 radical (unpaired) electrons. The van der Waals surface area contributed by atoms with Crippen LogP contribution in [-0.2, 0) is 14.3 Å². The fraction of sp³-hybridized carbons (Fsp3) is 0.500. The van der Waals surface area contributed by atoms with Crippen molar-refractivity contribution in [2.75, 3.05) is 18.5 Å². The zero-order valence-electron chi connectivity index (χ0n) is 24.1. The van der Waals surface area contributed by atoms with Gasteiger partial charge in [-0.2, -0.15) is 0 Å². The van der Waals surface area contributed by atoms with Crippen LogP contribution in [0.1, 0.15) is 68.5 Å². The van der Waals surface area contributed by atoms with Crippen molar-refractivity contribution in [3.63, 3.8) is 0 Å². The van der Waals surface area contributed by atoms with Gasteiger partial charge < -0.3 is 25.4 Å². The van der Waals surface area contributed by atoms with Gasteiger partial charge in [0.2, 0.25) is 5.91 Å². The summed E-state index contributed by atoms with van der Waals surface area (Å²) in [7, 11) is 0. The predicted molar refractivity (Wildman–Crippen MR) is 150 cm³/mol. The monoisotopic (exact) mass is 525 g/mol. The van der Waals surface area contributed by atoms with Gasteiger partial charge in [-0.1, -0.05) is 50.2 Å². The molecule has 0 spiro atoms. The number of aryl methyl sites for hydroxylation is 4. The van der Waals surface area contributed by atoms with E-state index in [1.807, 2.05) is 64.1 Å². The van der Waals surface area contributed by atoms with Crippen LogP contribution in [0.2, 0.25) is 0 Å². The van der Waals surface area contributed by atoms with Gasteiger partial charge in [0.25, 0.3) is 5.91 Å². The maximum absolute atomic E-state index is 14.0. The van der Waals surface area contributed by atoms with E-state index < -0.39 is 35.6 Å². The Bertz CT molecular complexity index is 1130. The number of carbonyl (C=O) groups excluding carboxylic acids is 3. The fourth-order valence-corrected chi connectivity index (χ4v) is 4.21. The summed E-state index contributed by atoms with van der Waals surface area (Å²) in [6.07, 6.45) is -0.726. The predicted octanol–water partition coefficient (Wildman–Crippen LogP) is 4.97. The average Bonchev–Trinajstić information content (AvgIpc) is 2.80. The highest BCUT2D eigenvalue weighted by Crippen LogP contribution is 2.28. The lowest BCUT2D eigenvalue weighted by atomic mass is 9.96. The molecule has 0 aliphatic carbocycles. The summed E-state index contributed by atoms with van der Waals surface area (Å²) in [5, 5.41) is 15.7. The van der Waals surface area contributed by atoms with Gasteiger partial charge in [-0.3, -0.25) is 9.59 Å². The van der Waals surface area contributed by atoms with Crippen LogP contribution in [0.15, 0.2) is 36.4 Å². The van der Waals surface area contributed by atoms with Crippen molar-refractivity contribution in [2.45, 2.75) is 80.0 Å². The molecule has 2 aromatic carbocycles. The van der Waals surface area contributed by atoms with Crippen LogP contribution < -0.4 is 10.6 Å². The second-order valence-corrected chi connectivity index (χ2v) is 11.1. The number of nitrogens with zero attached hydrogens (tertiary/aromatic N) is 1. The van der Waals surface area contributed by atoms with Gasteiger partial charge in [0.15, 0.2) is 0 Å². The van der Waals surface area contributed by atoms with Crippen molar-refractivity contribution >= 4 is 23.6 Å². The zero-order valence-corrected chi connectivity index (χ0v) is 24.1. The summed E-state index contributed by atoms with van der Waals surface area (Å²) in [4.78, 5) is 41.9. The van der Waals surface area contributed by atoms with Crippen LogP contribution in [0.4, 0.5) is 10.5 Å². The molecule has 0 bridgehead atoms. The fourth-order valence-electron chi connectivity index (χ4n) is 4.21. The number of aliphatic hydroxyl groups excluding tert-OH is 1. The molecule has 0 heterocycles. The number of alkyl carbamates (subject to hydrolysis) is 1. The normalized spacial score (nSPS) is 13.0. The number of hydrogen-bond donors (Lipinski definition) is 3. The molecule has 38 heavy (non-hydrogen) atoms. The van der Waals surface area contributed by atoms with Crippen LogP contribution in [-0.4, -0.2) is 52.7 Å². The quantitative estimate of drug-likeness (QED) is 0.428. The summed E-state index contributed by atoms with van der Waals surface area (Å²) in [6.45, 7) is 16.1. The first kappa shape index (κ1) is 30.8. The Hall–Kier alpha value is -3.39. The Morgan fingerprint density at radius 2 is 1.55 bits per heavy atom. The van der Waals surface area contributed by atoms with Gasteiger partial charge >= 0.3 is 6.09 Å². The van der Waals surface area contributed by atoms with Crippen molar-refractivity contribution in [3.8, 4) is 0 Å². The molecule has 0 fully saturated rings. The summed E-state index contributed by atoms with van der Waals surface area (Å²) in [5.74, 6) is -1.20. The first-order chi connectivity index (χ1) is 17.7. The van der Waals surface area contributed by atoms with Crippen molar-refractivity contribution < 1.29 is 24.2 Å². The second kappa shape index (κ2) is 12.9. The number of carbonyl (C=O) groups is 3. The molecule has 3 amide bonds. The standard InChI is InChI=1S/C30H43N3O5/c1-18(2)24(32-29(37)38-30(7,8)9)28(36)33(15-16-34)26(23-14-13-19(3)22(6)17-23)27(35)31-25-20(4)11-10-12-21(25)5/h10-14,17-18,24,26,34H,15-16H2,1-9H3,(H,31,35)(H,32,37). The molecule has 2 atom stereocenters. The molecule has 2 rings (SSSR count). The molecule has 0 saturated heterocycles. The van der Waals surface area contributed by atoms with Crippen LogP contribution >= 0.6 is 0 Å². The SMILES string of the molecule is Cc1ccc(C(C(=O)Nc2c(C)cccc2C)N(CCO)C(=O)C(NC(=O)OC(C)(C)C)C(C)C)cc1C. The number of anilines is 1. The van der Waals surface area contributed by atoms with Gasteiger partial charge in [-0.15, -0.1) is 0 Å². The van der Waals surface area contributed by atoms with E-state index in [9.17, 15) is 19.5 Å². The first-order valence-electron chi connectivity index (χ1n) is 13.0. The third-order valence-corrected chi connectivity index (χ3v) is 6.36. The van der Waals surface area contributed by atoms with Crippen LogP contribution in [0, 0.1) is 33.6 Å². The Morgan fingerprint density at radius 3 is 2.05 bits per heavy atom. The molecule has 2 aromatic rings. The molecular formula is C30H43N3O5. The molecule has 0 aliphatic heterocycles. The van der Waals surface area contributed by atoms with Crippen molar-refractivity contribution in [2.24, 2.45) is 5.92 Å². The second-order valence-electron chi connectivity index (χ2n) is 11.1. The molecule has 0 saturated carbocycles. The number of ether oxygens (including phenoxy) is 1. The van der Waals surface area contributed by atoms with Crippen LogP contribution in [0.5, 0.6) is 0 Å². The van der Waals surface area contributed by atoms with Crippen molar-refractivity contribution in [3.05, 3.63) is 64.2 Å². The molecule has 0 aliphatic rings. The third-order valence-electron chi connectivity index (χ3n) is 6.36. The summed E-state index contributed by atoms with van der Waals surface area (Å²) in [5.41, 5.74) is 4.35. The number of nitrogens with one attached hydrogen (secondary N) is 2. The van der Waals surface area contributed by atoms with Crippen LogP contribution in [0.3, 0.4) is 0 Å². The summed E-state index contributed by atoms with van der Waals surface area (Å²) in [6, 6.07) is 9.32. The Kier molecular flexibility index (Phi) is 10.5. The van der Waals surface area contributed by atoms with E-state index in [4.69, 9.17) is 4.74 Å². The molecule has 8 heteroatoms. The number of para-hydroxylation sites is 1. The third kappa shape index (κ3) is 8.05. The van der Waals surface area contributed by atoms with E-state index in [1.165, 1.54) is 4.90 Å². The lowest BCUT2D eigenvalue weighted by Gasteiger charge is -2.35. The van der Waals surface area contributed by atoms with Gasteiger partial charge in [-0.25, -0.2) is 4.79 Å². The highest BCUT2D eigenvalue weighted by atomic mass is 16.6. The highest BCUT2D eigenvalue weighted by Gasteiger charge is 2.37. The van der Waals surface area contributed by atoms with E-state index in [0.717, 1.165) is 22.3 Å². The number of hydrogen-bond acceptors (Lipinski definition) is 5. The van der Waals surface area contributed by atoms with E-state index in [1.54, 1.807) is 34.6 Å². The van der Waals surface area contributed by atoms with E-state index in [2.05, 4.69) is 10.6 Å². The van der Waals surface area contributed by atoms with Gasteiger partial charge in [0, 0.05) is 12.2 Å².